The second kappa shape index (κ2) is 6.55. The molecule has 0 heterocycles. The zero-order chi connectivity index (χ0) is 13.7. The minimum Gasteiger partial charge on any atom is -0.335 e. The molecule has 0 aromatic heterocycles. The Hall–Kier alpha value is -1.58. The molecule has 1 aromatic rings. The van der Waals surface area contributed by atoms with Crippen molar-refractivity contribution in [1.82, 2.24) is 10.6 Å². The van der Waals surface area contributed by atoms with Crippen molar-refractivity contribution < 1.29 is 9.18 Å². The third-order valence-corrected chi connectivity index (χ3v) is 3.66. The summed E-state index contributed by atoms with van der Waals surface area (Å²) in [5.41, 5.74) is 0.903. The third kappa shape index (κ3) is 4.23. The number of halogens is 1. The van der Waals surface area contributed by atoms with Crippen LogP contribution in [0.1, 0.15) is 50.6 Å². The fourth-order valence-corrected chi connectivity index (χ4v) is 2.51. The second-order valence-corrected chi connectivity index (χ2v) is 5.23. The van der Waals surface area contributed by atoms with Crippen LogP contribution in [0.2, 0.25) is 0 Å². The summed E-state index contributed by atoms with van der Waals surface area (Å²) in [6, 6.07) is 6.25. The molecule has 1 fully saturated rings. The summed E-state index contributed by atoms with van der Waals surface area (Å²) in [7, 11) is 0. The number of nitrogens with one attached hydrogen (secondary N) is 2. The van der Waals surface area contributed by atoms with Crippen LogP contribution in [0.25, 0.3) is 0 Å². The number of benzene rings is 1. The van der Waals surface area contributed by atoms with Crippen LogP contribution in [-0.2, 0) is 0 Å². The summed E-state index contributed by atoms with van der Waals surface area (Å²) in [6.45, 7) is 1.90. The Morgan fingerprint density at radius 2 is 1.84 bits per heavy atom. The molecule has 0 aliphatic heterocycles. The molecule has 19 heavy (non-hydrogen) atoms. The van der Waals surface area contributed by atoms with Crippen LogP contribution in [0.5, 0.6) is 0 Å². The fraction of sp³-hybridized carbons (Fsp3) is 0.533. The van der Waals surface area contributed by atoms with Crippen LogP contribution in [0, 0.1) is 5.82 Å². The van der Waals surface area contributed by atoms with Crippen molar-refractivity contribution in [2.75, 3.05) is 0 Å². The standard InChI is InChI=1S/C15H21FN2O/c1-11(12-7-9-13(16)10-8-12)17-15(19)18-14-5-3-2-4-6-14/h7-11,14H,2-6H2,1H3,(H2,17,18,19). The monoisotopic (exact) mass is 264 g/mol. The average Bonchev–Trinajstić information content (AvgIpc) is 2.40. The first-order valence-corrected chi connectivity index (χ1v) is 6.97. The summed E-state index contributed by atoms with van der Waals surface area (Å²) in [4.78, 5) is 11.9. The lowest BCUT2D eigenvalue weighted by Crippen LogP contribution is -2.43. The van der Waals surface area contributed by atoms with Crippen molar-refractivity contribution in [1.29, 1.82) is 0 Å². The number of amides is 2. The van der Waals surface area contributed by atoms with Crippen molar-refractivity contribution >= 4 is 6.03 Å². The van der Waals surface area contributed by atoms with Gasteiger partial charge in [-0.3, -0.25) is 0 Å². The van der Waals surface area contributed by atoms with E-state index in [0.29, 0.717) is 6.04 Å². The van der Waals surface area contributed by atoms with E-state index in [0.717, 1.165) is 18.4 Å². The van der Waals surface area contributed by atoms with E-state index in [1.807, 2.05) is 6.92 Å². The second-order valence-electron chi connectivity index (χ2n) is 5.23. The molecule has 0 radical (unpaired) electrons. The van der Waals surface area contributed by atoms with Gasteiger partial charge in [0.25, 0.3) is 0 Å². The first-order chi connectivity index (χ1) is 9.15. The number of urea groups is 1. The van der Waals surface area contributed by atoms with E-state index < -0.39 is 0 Å². The molecule has 1 aliphatic rings. The molecule has 1 aromatic carbocycles. The van der Waals surface area contributed by atoms with Crippen LogP contribution in [0.3, 0.4) is 0 Å². The van der Waals surface area contributed by atoms with Crippen molar-refractivity contribution in [2.24, 2.45) is 0 Å². The molecule has 0 spiro atoms. The highest BCUT2D eigenvalue weighted by atomic mass is 19.1. The predicted octanol–water partition coefficient (Wildman–Crippen LogP) is 3.52. The highest BCUT2D eigenvalue weighted by Crippen LogP contribution is 2.17. The molecule has 0 saturated heterocycles. The molecule has 4 heteroatoms. The van der Waals surface area contributed by atoms with E-state index in [1.165, 1.54) is 31.4 Å². The van der Waals surface area contributed by atoms with Gasteiger partial charge in [0.2, 0.25) is 0 Å². The Morgan fingerprint density at radius 3 is 2.47 bits per heavy atom. The summed E-state index contributed by atoms with van der Waals surface area (Å²) in [6.07, 6.45) is 5.79. The minimum atomic E-state index is -0.261. The fourth-order valence-electron chi connectivity index (χ4n) is 2.51. The molecule has 1 unspecified atom stereocenters. The zero-order valence-corrected chi connectivity index (χ0v) is 11.3. The maximum atomic E-state index is 12.8. The Kier molecular flexibility index (Phi) is 4.77. The molecular weight excluding hydrogens is 243 g/mol. The van der Waals surface area contributed by atoms with E-state index in [1.54, 1.807) is 12.1 Å². The average molecular weight is 264 g/mol. The lowest BCUT2D eigenvalue weighted by Gasteiger charge is -2.24. The van der Waals surface area contributed by atoms with Crippen LogP contribution >= 0.6 is 0 Å². The van der Waals surface area contributed by atoms with Gasteiger partial charge >= 0.3 is 6.03 Å². The predicted molar refractivity (Wildman–Crippen MR) is 73.4 cm³/mol. The summed E-state index contributed by atoms with van der Waals surface area (Å²) in [5, 5.41) is 5.90. The van der Waals surface area contributed by atoms with Gasteiger partial charge in [0.1, 0.15) is 5.82 Å². The number of hydrogen-bond donors (Lipinski definition) is 2. The van der Waals surface area contributed by atoms with Crippen molar-refractivity contribution in [3.8, 4) is 0 Å². The largest absolute Gasteiger partial charge is 0.335 e. The van der Waals surface area contributed by atoms with Crippen LogP contribution < -0.4 is 10.6 Å². The lowest BCUT2D eigenvalue weighted by molar-refractivity contribution is 0.229. The minimum absolute atomic E-state index is 0.121. The molecular formula is C15H21FN2O. The number of carbonyl (C=O) groups excluding carboxylic acids is 1. The Labute approximate surface area is 113 Å². The van der Waals surface area contributed by atoms with E-state index in [9.17, 15) is 9.18 Å². The Bertz CT molecular complexity index is 413. The Balaban J connectivity index is 1.82. The van der Waals surface area contributed by atoms with Crippen molar-refractivity contribution in [3.05, 3.63) is 35.6 Å². The van der Waals surface area contributed by atoms with Crippen molar-refractivity contribution in [3.63, 3.8) is 0 Å². The van der Waals surface area contributed by atoms with Crippen LogP contribution in [0.4, 0.5) is 9.18 Å². The molecule has 2 amide bonds. The van der Waals surface area contributed by atoms with Crippen molar-refractivity contribution in [2.45, 2.75) is 51.1 Å². The molecule has 1 saturated carbocycles. The van der Waals surface area contributed by atoms with Crippen LogP contribution in [-0.4, -0.2) is 12.1 Å². The highest BCUT2D eigenvalue weighted by molar-refractivity contribution is 5.74. The van der Waals surface area contributed by atoms with Gasteiger partial charge in [-0.2, -0.15) is 0 Å². The maximum absolute atomic E-state index is 12.8. The maximum Gasteiger partial charge on any atom is 0.315 e. The molecule has 2 rings (SSSR count). The Morgan fingerprint density at radius 1 is 1.21 bits per heavy atom. The lowest BCUT2D eigenvalue weighted by atomic mass is 9.96. The molecule has 3 nitrogen and oxygen atoms in total. The smallest absolute Gasteiger partial charge is 0.315 e. The van der Waals surface area contributed by atoms with Gasteiger partial charge in [-0.05, 0) is 37.5 Å². The van der Waals surface area contributed by atoms with E-state index >= 15 is 0 Å². The summed E-state index contributed by atoms with van der Waals surface area (Å²) >= 11 is 0. The van der Waals surface area contributed by atoms with Gasteiger partial charge in [-0.1, -0.05) is 31.4 Å². The molecule has 0 bridgehead atoms. The van der Waals surface area contributed by atoms with Crippen LogP contribution in [0.15, 0.2) is 24.3 Å². The van der Waals surface area contributed by atoms with E-state index in [-0.39, 0.29) is 17.9 Å². The number of carbonyl (C=O) groups is 1. The van der Waals surface area contributed by atoms with E-state index in [2.05, 4.69) is 10.6 Å². The normalized spacial score (nSPS) is 17.8. The zero-order valence-electron chi connectivity index (χ0n) is 11.3. The molecule has 104 valence electrons. The summed E-state index contributed by atoms with van der Waals surface area (Å²) in [5.74, 6) is -0.261. The molecule has 1 aliphatic carbocycles. The van der Waals surface area contributed by atoms with Gasteiger partial charge in [0, 0.05) is 6.04 Å². The first kappa shape index (κ1) is 13.8. The topological polar surface area (TPSA) is 41.1 Å². The summed E-state index contributed by atoms with van der Waals surface area (Å²) < 4.78 is 12.8. The SMILES string of the molecule is CC(NC(=O)NC1CCCCC1)c1ccc(F)cc1. The van der Waals surface area contributed by atoms with Gasteiger partial charge < -0.3 is 10.6 Å². The number of hydrogen-bond acceptors (Lipinski definition) is 1. The first-order valence-electron chi connectivity index (χ1n) is 6.97. The third-order valence-electron chi connectivity index (χ3n) is 3.66. The highest BCUT2D eigenvalue weighted by Gasteiger charge is 2.16. The quantitative estimate of drug-likeness (QED) is 0.861. The van der Waals surface area contributed by atoms with Gasteiger partial charge in [-0.25, -0.2) is 9.18 Å². The molecule has 1 atom stereocenters. The van der Waals surface area contributed by atoms with E-state index in [4.69, 9.17) is 0 Å². The van der Waals surface area contributed by atoms with Gasteiger partial charge in [-0.15, -0.1) is 0 Å². The number of rotatable bonds is 3. The molecule has 2 N–H and O–H groups in total. The van der Waals surface area contributed by atoms with Gasteiger partial charge in [0.15, 0.2) is 0 Å². The van der Waals surface area contributed by atoms with Gasteiger partial charge in [0.05, 0.1) is 6.04 Å².